The van der Waals surface area contributed by atoms with Crippen LogP contribution in [0.5, 0.6) is 5.75 Å². The maximum Gasteiger partial charge on any atom is 0.573 e. The molecule has 0 unspecified atom stereocenters. The van der Waals surface area contributed by atoms with Crippen LogP contribution in [0.4, 0.5) is 18.9 Å². The number of ether oxygens (including phenoxy) is 3. The zero-order valence-electron chi connectivity index (χ0n) is 11.4. The van der Waals surface area contributed by atoms with Gasteiger partial charge in [-0.25, -0.2) is 4.79 Å². The Morgan fingerprint density at radius 3 is 2.67 bits per heavy atom. The number of para-hydroxylation sites is 2. The predicted octanol–water partition coefficient (Wildman–Crippen LogP) is 2.58. The van der Waals surface area contributed by atoms with Crippen molar-refractivity contribution in [1.82, 2.24) is 0 Å². The van der Waals surface area contributed by atoms with Crippen LogP contribution in [0.3, 0.4) is 0 Å². The summed E-state index contributed by atoms with van der Waals surface area (Å²) in [5.41, 5.74) is 0.189. The van der Waals surface area contributed by atoms with E-state index >= 15 is 0 Å². The first kappa shape index (κ1) is 17.1. The fraction of sp³-hybridized carbons (Fsp3) is 0.462. The Labute approximate surface area is 120 Å². The summed E-state index contributed by atoms with van der Waals surface area (Å²) in [6, 6.07) is 5.66. The normalized spacial score (nSPS) is 11.0. The average molecular weight is 307 g/mol. The molecule has 0 aliphatic heterocycles. The van der Waals surface area contributed by atoms with Crippen molar-refractivity contribution in [1.29, 1.82) is 0 Å². The number of carbonyl (C=O) groups excluding carboxylic acids is 1. The number of esters is 1. The largest absolute Gasteiger partial charge is 0.573 e. The summed E-state index contributed by atoms with van der Waals surface area (Å²) in [5.74, 6) is -0.811. The van der Waals surface area contributed by atoms with Crippen LogP contribution in [0.2, 0.25) is 0 Å². The SMILES string of the molecule is CCOC(=O)COCCNc1ccccc1OC(F)(F)F. The molecule has 0 fully saturated rings. The standard InChI is InChI=1S/C13H16F3NO4/c1-2-20-12(18)9-19-8-7-17-10-5-3-4-6-11(10)21-13(14,15)16/h3-6,17H,2,7-9H2,1H3. The molecule has 5 nitrogen and oxygen atoms in total. The van der Waals surface area contributed by atoms with Crippen molar-refractivity contribution in [3.8, 4) is 5.75 Å². The van der Waals surface area contributed by atoms with Crippen molar-refractivity contribution >= 4 is 11.7 Å². The van der Waals surface area contributed by atoms with Gasteiger partial charge in [-0.15, -0.1) is 13.2 Å². The van der Waals surface area contributed by atoms with Gasteiger partial charge in [-0.1, -0.05) is 12.1 Å². The third kappa shape index (κ3) is 7.40. The van der Waals surface area contributed by atoms with Crippen LogP contribution in [0.15, 0.2) is 24.3 Å². The van der Waals surface area contributed by atoms with Crippen LogP contribution in [-0.4, -0.2) is 38.7 Å². The maximum absolute atomic E-state index is 12.2. The number of nitrogens with one attached hydrogen (secondary N) is 1. The highest BCUT2D eigenvalue weighted by atomic mass is 19.4. The molecule has 1 aromatic rings. The van der Waals surface area contributed by atoms with Gasteiger partial charge in [0.15, 0.2) is 5.75 Å². The van der Waals surface area contributed by atoms with Crippen molar-refractivity contribution in [2.75, 3.05) is 31.7 Å². The average Bonchev–Trinajstić information content (AvgIpc) is 2.39. The Morgan fingerprint density at radius 2 is 2.00 bits per heavy atom. The number of anilines is 1. The van der Waals surface area contributed by atoms with E-state index in [-0.39, 0.29) is 37.8 Å². The monoisotopic (exact) mass is 307 g/mol. The first-order valence-corrected chi connectivity index (χ1v) is 6.24. The molecule has 0 amide bonds. The van der Waals surface area contributed by atoms with Crippen LogP contribution < -0.4 is 10.1 Å². The summed E-state index contributed by atoms with van der Waals surface area (Å²) < 4.78 is 50.1. The van der Waals surface area contributed by atoms with E-state index in [0.717, 1.165) is 0 Å². The quantitative estimate of drug-likeness (QED) is 0.591. The van der Waals surface area contributed by atoms with Crippen LogP contribution in [0, 0.1) is 0 Å². The molecule has 118 valence electrons. The fourth-order valence-electron chi connectivity index (χ4n) is 1.44. The Hall–Kier alpha value is -1.96. The Kier molecular flexibility index (Phi) is 6.80. The van der Waals surface area contributed by atoms with Crippen LogP contribution in [-0.2, 0) is 14.3 Å². The van der Waals surface area contributed by atoms with Gasteiger partial charge in [0.1, 0.15) is 6.61 Å². The first-order valence-electron chi connectivity index (χ1n) is 6.24. The molecule has 0 aliphatic carbocycles. The smallest absolute Gasteiger partial charge is 0.464 e. The van der Waals surface area contributed by atoms with E-state index in [0.29, 0.717) is 0 Å². The van der Waals surface area contributed by atoms with Crippen LogP contribution >= 0.6 is 0 Å². The van der Waals surface area contributed by atoms with Crippen molar-refractivity contribution in [2.24, 2.45) is 0 Å². The minimum atomic E-state index is -4.75. The summed E-state index contributed by atoms with van der Waals surface area (Å²) in [5, 5.41) is 2.74. The summed E-state index contributed by atoms with van der Waals surface area (Å²) in [4.78, 5) is 11.0. The molecule has 1 aromatic carbocycles. The van der Waals surface area contributed by atoms with E-state index in [1.165, 1.54) is 18.2 Å². The summed E-state index contributed by atoms with van der Waals surface area (Å²) in [6.45, 7) is 2.10. The molecule has 0 saturated heterocycles. The van der Waals surface area contributed by atoms with Gasteiger partial charge >= 0.3 is 12.3 Å². The minimum Gasteiger partial charge on any atom is -0.464 e. The molecule has 0 spiro atoms. The Bertz CT molecular complexity index is 451. The molecular weight excluding hydrogens is 291 g/mol. The van der Waals surface area contributed by atoms with Gasteiger partial charge < -0.3 is 19.5 Å². The molecule has 21 heavy (non-hydrogen) atoms. The zero-order valence-corrected chi connectivity index (χ0v) is 11.4. The van der Waals surface area contributed by atoms with Crippen LogP contribution in [0.1, 0.15) is 6.92 Å². The number of carbonyl (C=O) groups is 1. The van der Waals surface area contributed by atoms with Gasteiger partial charge in [-0.2, -0.15) is 0 Å². The zero-order chi connectivity index (χ0) is 15.7. The topological polar surface area (TPSA) is 56.8 Å². The number of hydrogen-bond acceptors (Lipinski definition) is 5. The molecule has 0 radical (unpaired) electrons. The van der Waals surface area contributed by atoms with Gasteiger partial charge in [0.05, 0.1) is 18.9 Å². The van der Waals surface area contributed by atoms with E-state index in [2.05, 4.69) is 14.8 Å². The lowest BCUT2D eigenvalue weighted by Crippen LogP contribution is -2.19. The predicted molar refractivity (Wildman–Crippen MR) is 69.1 cm³/mol. The molecule has 0 aromatic heterocycles. The second-order valence-corrected chi connectivity index (χ2v) is 3.83. The molecule has 0 bridgehead atoms. The fourth-order valence-corrected chi connectivity index (χ4v) is 1.44. The van der Waals surface area contributed by atoms with Gasteiger partial charge in [-0.3, -0.25) is 0 Å². The van der Waals surface area contributed by atoms with Crippen LogP contribution in [0.25, 0.3) is 0 Å². The summed E-state index contributed by atoms with van der Waals surface area (Å²) in [6.07, 6.45) is -4.75. The molecular formula is C13H16F3NO4. The number of halogens is 3. The molecule has 1 N–H and O–H groups in total. The third-order valence-electron chi connectivity index (χ3n) is 2.20. The highest BCUT2D eigenvalue weighted by Crippen LogP contribution is 2.29. The van der Waals surface area contributed by atoms with Crippen molar-refractivity contribution in [3.63, 3.8) is 0 Å². The molecule has 8 heteroatoms. The first-order chi connectivity index (χ1) is 9.92. The van der Waals surface area contributed by atoms with E-state index in [9.17, 15) is 18.0 Å². The molecule has 0 atom stereocenters. The lowest BCUT2D eigenvalue weighted by atomic mass is 10.3. The molecule has 0 aliphatic rings. The second-order valence-electron chi connectivity index (χ2n) is 3.83. The van der Waals surface area contributed by atoms with E-state index in [1.807, 2.05) is 0 Å². The lowest BCUT2D eigenvalue weighted by Gasteiger charge is -2.14. The van der Waals surface area contributed by atoms with Gasteiger partial charge in [0.25, 0.3) is 0 Å². The third-order valence-corrected chi connectivity index (χ3v) is 2.20. The summed E-state index contributed by atoms with van der Waals surface area (Å²) in [7, 11) is 0. The maximum atomic E-state index is 12.2. The van der Waals surface area contributed by atoms with E-state index in [4.69, 9.17) is 4.74 Å². The Morgan fingerprint density at radius 1 is 1.29 bits per heavy atom. The highest BCUT2D eigenvalue weighted by molar-refractivity contribution is 5.70. The number of alkyl halides is 3. The number of hydrogen-bond donors (Lipinski definition) is 1. The van der Waals surface area contributed by atoms with Gasteiger partial charge in [0.2, 0.25) is 0 Å². The Balaban J connectivity index is 2.37. The molecule has 0 heterocycles. The van der Waals surface area contributed by atoms with Crippen molar-refractivity contribution < 1.29 is 32.2 Å². The second kappa shape index (κ2) is 8.35. The van der Waals surface area contributed by atoms with Gasteiger partial charge in [-0.05, 0) is 19.1 Å². The molecule has 0 saturated carbocycles. The van der Waals surface area contributed by atoms with Crippen molar-refractivity contribution in [3.05, 3.63) is 24.3 Å². The number of benzene rings is 1. The molecule has 1 rings (SSSR count). The minimum absolute atomic E-state index is 0.138. The van der Waals surface area contributed by atoms with E-state index in [1.54, 1.807) is 13.0 Å². The highest BCUT2D eigenvalue weighted by Gasteiger charge is 2.31. The van der Waals surface area contributed by atoms with Gasteiger partial charge in [0, 0.05) is 6.54 Å². The van der Waals surface area contributed by atoms with Crippen molar-refractivity contribution in [2.45, 2.75) is 13.3 Å². The van der Waals surface area contributed by atoms with E-state index < -0.39 is 12.3 Å². The number of rotatable bonds is 8. The lowest BCUT2D eigenvalue weighted by molar-refractivity contribution is -0.274. The summed E-state index contributed by atoms with van der Waals surface area (Å²) >= 11 is 0.